The molecule has 3 aromatic rings. The van der Waals surface area contributed by atoms with Crippen molar-refractivity contribution in [2.24, 2.45) is 0 Å². The van der Waals surface area contributed by atoms with Gasteiger partial charge in [0.15, 0.2) is 0 Å². The maximum atomic E-state index is 12.8. The second-order valence-electron chi connectivity index (χ2n) is 5.96. The summed E-state index contributed by atoms with van der Waals surface area (Å²) in [6.45, 7) is 3.06. The van der Waals surface area contributed by atoms with Crippen LogP contribution in [0.25, 0.3) is 10.9 Å². The predicted octanol–water partition coefficient (Wildman–Crippen LogP) is 3.66. The lowest BCUT2D eigenvalue weighted by atomic mass is 10.1. The largest absolute Gasteiger partial charge is 0.475 e. The van der Waals surface area contributed by atoms with Crippen molar-refractivity contribution in [3.8, 4) is 5.88 Å². The average molecular weight is 430 g/mol. The SMILES string of the molecule is COCCOc1ncccc1CNC(=O)c1cc(C)nc2ccc(Br)cc12. The summed E-state index contributed by atoms with van der Waals surface area (Å²) >= 11 is 3.45. The molecule has 7 heteroatoms. The molecule has 1 amide bonds. The fourth-order valence-corrected chi connectivity index (χ4v) is 3.06. The van der Waals surface area contributed by atoms with Gasteiger partial charge in [0.1, 0.15) is 6.61 Å². The summed E-state index contributed by atoms with van der Waals surface area (Å²) < 4.78 is 11.5. The minimum absolute atomic E-state index is 0.171. The molecule has 3 rings (SSSR count). The van der Waals surface area contributed by atoms with Crippen LogP contribution in [0, 0.1) is 6.92 Å². The number of carbonyl (C=O) groups is 1. The van der Waals surface area contributed by atoms with Gasteiger partial charge in [0.05, 0.1) is 17.7 Å². The zero-order valence-corrected chi connectivity index (χ0v) is 16.7. The van der Waals surface area contributed by atoms with Crippen LogP contribution in [0.2, 0.25) is 0 Å². The van der Waals surface area contributed by atoms with E-state index >= 15 is 0 Å². The molecule has 2 aromatic heterocycles. The lowest BCUT2D eigenvalue weighted by Gasteiger charge is -2.12. The van der Waals surface area contributed by atoms with Crippen molar-refractivity contribution < 1.29 is 14.3 Å². The molecule has 0 aliphatic rings. The van der Waals surface area contributed by atoms with Gasteiger partial charge >= 0.3 is 0 Å². The van der Waals surface area contributed by atoms with Crippen LogP contribution in [0.5, 0.6) is 5.88 Å². The molecule has 0 aliphatic carbocycles. The van der Waals surface area contributed by atoms with Crippen molar-refractivity contribution in [1.29, 1.82) is 0 Å². The van der Waals surface area contributed by atoms with Crippen LogP contribution in [-0.4, -0.2) is 36.2 Å². The Balaban J connectivity index is 1.79. The molecule has 0 radical (unpaired) electrons. The predicted molar refractivity (Wildman–Crippen MR) is 107 cm³/mol. The highest BCUT2D eigenvalue weighted by molar-refractivity contribution is 9.10. The molecule has 0 atom stereocenters. The highest BCUT2D eigenvalue weighted by Gasteiger charge is 2.14. The summed E-state index contributed by atoms with van der Waals surface area (Å²) in [4.78, 5) is 21.6. The fraction of sp³-hybridized carbons (Fsp3) is 0.250. The summed E-state index contributed by atoms with van der Waals surface area (Å²) in [6, 6.07) is 11.2. The third kappa shape index (κ3) is 4.81. The Hall–Kier alpha value is -2.51. The van der Waals surface area contributed by atoms with E-state index in [4.69, 9.17) is 9.47 Å². The lowest BCUT2D eigenvalue weighted by Crippen LogP contribution is -2.24. The van der Waals surface area contributed by atoms with Crippen LogP contribution in [0.3, 0.4) is 0 Å². The van der Waals surface area contributed by atoms with Crippen LogP contribution in [-0.2, 0) is 11.3 Å². The summed E-state index contributed by atoms with van der Waals surface area (Å²) in [5, 5.41) is 3.75. The minimum atomic E-state index is -0.171. The molecule has 0 bridgehead atoms. The van der Waals surface area contributed by atoms with Crippen molar-refractivity contribution in [3.63, 3.8) is 0 Å². The van der Waals surface area contributed by atoms with Gasteiger partial charge in [0, 0.05) is 41.0 Å². The van der Waals surface area contributed by atoms with E-state index < -0.39 is 0 Å². The molecule has 1 aromatic carbocycles. The first kappa shape index (κ1) is 19.3. The second kappa shape index (κ2) is 8.92. The van der Waals surface area contributed by atoms with Crippen molar-refractivity contribution in [1.82, 2.24) is 15.3 Å². The fourth-order valence-electron chi connectivity index (χ4n) is 2.70. The first-order chi connectivity index (χ1) is 13.1. The first-order valence-corrected chi connectivity index (χ1v) is 9.28. The zero-order valence-electron chi connectivity index (χ0n) is 15.2. The number of hydrogen-bond donors (Lipinski definition) is 1. The van der Waals surface area contributed by atoms with Gasteiger partial charge in [-0.05, 0) is 37.3 Å². The van der Waals surface area contributed by atoms with Crippen LogP contribution < -0.4 is 10.1 Å². The second-order valence-corrected chi connectivity index (χ2v) is 6.88. The summed E-state index contributed by atoms with van der Waals surface area (Å²) in [5.41, 5.74) is 2.97. The highest BCUT2D eigenvalue weighted by atomic mass is 79.9. The molecule has 0 fully saturated rings. The van der Waals surface area contributed by atoms with E-state index in [1.165, 1.54) is 0 Å². The van der Waals surface area contributed by atoms with Crippen LogP contribution in [0.1, 0.15) is 21.6 Å². The number of nitrogens with one attached hydrogen (secondary N) is 1. The number of pyridine rings is 2. The van der Waals surface area contributed by atoms with Crippen molar-refractivity contribution in [3.05, 3.63) is 63.9 Å². The van der Waals surface area contributed by atoms with E-state index in [1.54, 1.807) is 19.4 Å². The Morgan fingerprint density at radius 2 is 2.07 bits per heavy atom. The van der Waals surface area contributed by atoms with E-state index in [0.29, 0.717) is 31.2 Å². The van der Waals surface area contributed by atoms with Gasteiger partial charge in [-0.1, -0.05) is 22.0 Å². The lowest BCUT2D eigenvalue weighted by molar-refractivity contribution is 0.0951. The van der Waals surface area contributed by atoms with Gasteiger partial charge < -0.3 is 14.8 Å². The Morgan fingerprint density at radius 3 is 2.89 bits per heavy atom. The first-order valence-electron chi connectivity index (χ1n) is 8.49. The van der Waals surface area contributed by atoms with Gasteiger partial charge in [-0.3, -0.25) is 9.78 Å². The molecular weight excluding hydrogens is 410 g/mol. The normalized spacial score (nSPS) is 10.8. The number of amides is 1. The van der Waals surface area contributed by atoms with Gasteiger partial charge in [-0.25, -0.2) is 4.98 Å². The average Bonchev–Trinajstić information content (AvgIpc) is 2.67. The number of nitrogens with zero attached hydrogens (tertiary/aromatic N) is 2. The Labute approximate surface area is 166 Å². The van der Waals surface area contributed by atoms with E-state index in [0.717, 1.165) is 26.6 Å². The monoisotopic (exact) mass is 429 g/mol. The number of carbonyl (C=O) groups excluding carboxylic acids is 1. The van der Waals surface area contributed by atoms with E-state index in [1.807, 2.05) is 37.3 Å². The third-order valence-electron chi connectivity index (χ3n) is 3.96. The van der Waals surface area contributed by atoms with Crippen LogP contribution >= 0.6 is 15.9 Å². The summed E-state index contributed by atoms with van der Waals surface area (Å²) in [7, 11) is 1.61. The number of hydrogen-bond acceptors (Lipinski definition) is 5. The number of ether oxygens (including phenoxy) is 2. The number of halogens is 1. The molecular formula is C20H20BrN3O3. The maximum Gasteiger partial charge on any atom is 0.252 e. The highest BCUT2D eigenvalue weighted by Crippen LogP contribution is 2.23. The molecule has 140 valence electrons. The summed E-state index contributed by atoms with van der Waals surface area (Å²) in [6.07, 6.45) is 1.66. The van der Waals surface area contributed by atoms with Gasteiger partial charge in [-0.2, -0.15) is 0 Å². The minimum Gasteiger partial charge on any atom is -0.475 e. The smallest absolute Gasteiger partial charge is 0.252 e. The van der Waals surface area contributed by atoms with Crippen molar-refractivity contribution >= 4 is 32.7 Å². The van der Waals surface area contributed by atoms with Gasteiger partial charge in [0.2, 0.25) is 5.88 Å². The Morgan fingerprint density at radius 1 is 1.22 bits per heavy atom. The molecule has 27 heavy (non-hydrogen) atoms. The number of benzene rings is 1. The molecule has 0 unspecified atom stereocenters. The van der Waals surface area contributed by atoms with E-state index in [2.05, 4.69) is 31.2 Å². The summed E-state index contributed by atoms with van der Waals surface area (Å²) in [5.74, 6) is 0.323. The molecule has 0 spiro atoms. The number of aromatic nitrogens is 2. The third-order valence-corrected chi connectivity index (χ3v) is 4.45. The molecule has 0 saturated carbocycles. The quantitative estimate of drug-likeness (QED) is 0.580. The molecule has 0 aliphatic heterocycles. The Bertz CT molecular complexity index is 962. The van der Waals surface area contributed by atoms with Crippen molar-refractivity contribution in [2.45, 2.75) is 13.5 Å². The zero-order chi connectivity index (χ0) is 19.2. The number of methoxy groups -OCH3 is 1. The Kier molecular flexibility index (Phi) is 6.36. The van der Waals surface area contributed by atoms with E-state index in [9.17, 15) is 4.79 Å². The van der Waals surface area contributed by atoms with Crippen LogP contribution in [0.15, 0.2) is 47.1 Å². The number of aryl methyl sites for hydroxylation is 1. The standard InChI is InChI=1S/C20H20BrN3O3/c1-13-10-17(16-11-15(21)5-6-18(16)24-13)19(25)23-12-14-4-3-7-22-20(14)27-9-8-26-2/h3-7,10-11H,8-9,12H2,1-2H3,(H,23,25). The van der Waals surface area contributed by atoms with Gasteiger partial charge in [-0.15, -0.1) is 0 Å². The van der Waals surface area contributed by atoms with E-state index in [-0.39, 0.29) is 5.91 Å². The molecule has 2 heterocycles. The molecule has 6 nitrogen and oxygen atoms in total. The number of rotatable bonds is 7. The molecule has 0 saturated heterocycles. The topological polar surface area (TPSA) is 73.3 Å². The van der Waals surface area contributed by atoms with Crippen molar-refractivity contribution in [2.75, 3.05) is 20.3 Å². The van der Waals surface area contributed by atoms with Crippen LogP contribution in [0.4, 0.5) is 0 Å². The number of fused-ring (bicyclic) bond motifs is 1. The molecule has 1 N–H and O–H groups in total. The maximum absolute atomic E-state index is 12.8. The van der Waals surface area contributed by atoms with Gasteiger partial charge in [0.25, 0.3) is 5.91 Å².